The average molecular weight is 352 g/mol. The van der Waals surface area contributed by atoms with Crippen molar-refractivity contribution in [3.63, 3.8) is 0 Å². The Morgan fingerprint density at radius 2 is 1.96 bits per heavy atom. The van der Waals surface area contributed by atoms with Gasteiger partial charge in [-0.2, -0.15) is 14.9 Å². The van der Waals surface area contributed by atoms with Crippen LogP contribution in [0, 0.1) is 29.6 Å². The minimum Gasteiger partial charge on any atom is -0.368 e. The molecule has 0 amide bonds. The lowest BCUT2D eigenvalue weighted by Gasteiger charge is -2.30. The van der Waals surface area contributed by atoms with E-state index in [0.717, 1.165) is 12.1 Å². The third-order valence-corrected chi connectivity index (χ3v) is 4.81. The fourth-order valence-electron chi connectivity index (χ4n) is 2.36. The molecule has 0 saturated carbocycles. The molecule has 2 aromatic rings. The first-order valence-electron chi connectivity index (χ1n) is 8.12. The Morgan fingerprint density at radius 3 is 2.56 bits per heavy atom. The molecule has 2 rings (SSSR count). The summed E-state index contributed by atoms with van der Waals surface area (Å²) in [6.45, 7) is 6.78. The number of rotatable bonds is 7. The van der Waals surface area contributed by atoms with Crippen LogP contribution < -0.4 is 4.90 Å². The SMILES string of the molecule is CCC(C)N(CCC#N)c1ccc(N=Nc2snc(C)c2C#N)cc1. The number of hydrogen-bond donors (Lipinski definition) is 0. The van der Waals surface area contributed by atoms with Gasteiger partial charge in [0.05, 0.1) is 23.9 Å². The lowest BCUT2D eigenvalue weighted by atomic mass is 10.1. The summed E-state index contributed by atoms with van der Waals surface area (Å²) < 4.78 is 4.13. The van der Waals surface area contributed by atoms with Crippen molar-refractivity contribution in [1.29, 1.82) is 10.5 Å². The van der Waals surface area contributed by atoms with Crippen molar-refractivity contribution in [1.82, 2.24) is 4.37 Å². The van der Waals surface area contributed by atoms with E-state index in [4.69, 9.17) is 10.5 Å². The first-order valence-corrected chi connectivity index (χ1v) is 8.89. The fourth-order valence-corrected chi connectivity index (χ4v) is 3.04. The highest BCUT2D eigenvalue weighted by Crippen LogP contribution is 2.29. The van der Waals surface area contributed by atoms with Gasteiger partial charge in [-0.05, 0) is 56.1 Å². The number of azo groups is 1. The number of nitriles is 2. The second kappa shape index (κ2) is 8.91. The standard InChI is InChI=1S/C18H20N6S/c1-4-13(2)24(11-5-10-19)16-8-6-15(7-9-16)21-22-18-17(12-20)14(3)23-25-18/h6-9,13H,4-5,11H2,1-3H3. The minimum atomic E-state index is 0.360. The van der Waals surface area contributed by atoms with Crippen LogP contribution in [0.15, 0.2) is 34.5 Å². The summed E-state index contributed by atoms with van der Waals surface area (Å²) in [5.74, 6) is 0. The van der Waals surface area contributed by atoms with E-state index in [2.05, 4.69) is 45.5 Å². The first-order chi connectivity index (χ1) is 12.1. The number of aryl methyl sites for hydroxylation is 1. The number of benzene rings is 1. The molecule has 0 spiro atoms. The minimum absolute atomic E-state index is 0.360. The van der Waals surface area contributed by atoms with Gasteiger partial charge in [-0.3, -0.25) is 0 Å². The summed E-state index contributed by atoms with van der Waals surface area (Å²) in [5.41, 5.74) is 2.93. The fraction of sp³-hybridized carbons (Fsp3) is 0.389. The average Bonchev–Trinajstić information content (AvgIpc) is 3.00. The summed E-state index contributed by atoms with van der Waals surface area (Å²) in [6.07, 6.45) is 1.50. The summed E-state index contributed by atoms with van der Waals surface area (Å²) in [6, 6.07) is 12.4. The Hall–Kier alpha value is -2.77. The van der Waals surface area contributed by atoms with Crippen molar-refractivity contribution < 1.29 is 0 Å². The van der Waals surface area contributed by atoms with Crippen LogP contribution in [0.5, 0.6) is 0 Å². The Balaban J connectivity index is 2.17. The zero-order valence-corrected chi connectivity index (χ0v) is 15.4. The maximum atomic E-state index is 9.12. The van der Waals surface area contributed by atoms with Gasteiger partial charge < -0.3 is 4.90 Å². The van der Waals surface area contributed by atoms with Crippen molar-refractivity contribution in [3.8, 4) is 12.1 Å². The highest BCUT2D eigenvalue weighted by atomic mass is 32.1. The summed E-state index contributed by atoms with van der Waals surface area (Å²) in [4.78, 5) is 2.23. The quantitative estimate of drug-likeness (QED) is 0.636. The molecule has 0 fully saturated rings. The zero-order valence-electron chi connectivity index (χ0n) is 14.6. The second-order valence-corrected chi connectivity index (χ2v) is 6.39. The summed E-state index contributed by atoms with van der Waals surface area (Å²) >= 11 is 1.17. The van der Waals surface area contributed by atoms with Gasteiger partial charge >= 0.3 is 0 Å². The van der Waals surface area contributed by atoms with E-state index < -0.39 is 0 Å². The van der Waals surface area contributed by atoms with Gasteiger partial charge in [0.15, 0.2) is 5.00 Å². The molecule has 7 heteroatoms. The van der Waals surface area contributed by atoms with Gasteiger partial charge in [-0.25, -0.2) is 0 Å². The van der Waals surface area contributed by atoms with E-state index in [1.807, 2.05) is 24.3 Å². The Kier molecular flexibility index (Phi) is 6.62. The van der Waals surface area contributed by atoms with Crippen LogP contribution in [0.2, 0.25) is 0 Å². The lowest BCUT2D eigenvalue weighted by molar-refractivity contribution is 0.619. The highest BCUT2D eigenvalue weighted by Gasteiger charge is 2.13. The van der Waals surface area contributed by atoms with Gasteiger partial charge in [0.1, 0.15) is 11.6 Å². The van der Waals surface area contributed by atoms with Crippen molar-refractivity contribution in [2.75, 3.05) is 11.4 Å². The Labute approximate surface area is 152 Å². The molecule has 6 nitrogen and oxygen atoms in total. The van der Waals surface area contributed by atoms with Crippen molar-refractivity contribution in [2.45, 2.75) is 39.7 Å². The number of hydrogen-bond acceptors (Lipinski definition) is 7. The predicted octanol–water partition coefficient (Wildman–Crippen LogP) is 5.26. The second-order valence-electron chi connectivity index (χ2n) is 5.64. The molecule has 1 aromatic carbocycles. The van der Waals surface area contributed by atoms with Gasteiger partial charge in [-0.1, -0.05) is 6.92 Å². The van der Waals surface area contributed by atoms with Gasteiger partial charge in [-0.15, -0.1) is 10.2 Å². The molecule has 1 aromatic heterocycles. The van der Waals surface area contributed by atoms with Gasteiger partial charge in [0.25, 0.3) is 0 Å². The molecule has 1 atom stereocenters. The van der Waals surface area contributed by atoms with Crippen LogP contribution in [0.1, 0.15) is 37.9 Å². The summed E-state index contributed by atoms with van der Waals surface area (Å²) in [5, 5.41) is 26.8. The number of anilines is 1. The van der Waals surface area contributed by atoms with E-state index in [1.165, 1.54) is 11.5 Å². The molecule has 0 aliphatic heterocycles. The Morgan fingerprint density at radius 1 is 1.24 bits per heavy atom. The van der Waals surface area contributed by atoms with Gasteiger partial charge in [0, 0.05) is 18.3 Å². The third-order valence-electron chi connectivity index (χ3n) is 3.98. The van der Waals surface area contributed by atoms with Crippen LogP contribution >= 0.6 is 11.5 Å². The van der Waals surface area contributed by atoms with Crippen LogP contribution in [0.3, 0.4) is 0 Å². The summed E-state index contributed by atoms with van der Waals surface area (Å²) in [7, 11) is 0. The van der Waals surface area contributed by atoms with Crippen molar-refractivity contribution in [2.24, 2.45) is 10.2 Å². The van der Waals surface area contributed by atoms with E-state index in [9.17, 15) is 0 Å². The lowest BCUT2D eigenvalue weighted by Crippen LogP contribution is -2.33. The third kappa shape index (κ3) is 4.62. The maximum Gasteiger partial charge on any atom is 0.176 e. The van der Waals surface area contributed by atoms with Gasteiger partial charge in [0.2, 0.25) is 0 Å². The molecule has 0 radical (unpaired) electrons. The molecular formula is C18H20N6S. The number of aromatic nitrogens is 1. The smallest absolute Gasteiger partial charge is 0.176 e. The zero-order chi connectivity index (χ0) is 18.2. The monoisotopic (exact) mass is 352 g/mol. The molecule has 1 heterocycles. The molecule has 25 heavy (non-hydrogen) atoms. The van der Waals surface area contributed by atoms with Crippen LogP contribution in [-0.2, 0) is 0 Å². The molecule has 0 saturated heterocycles. The molecule has 1 unspecified atom stereocenters. The predicted molar refractivity (Wildman–Crippen MR) is 99.5 cm³/mol. The first kappa shape index (κ1) is 18.6. The molecule has 0 N–H and O–H groups in total. The topological polar surface area (TPSA) is 88.4 Å². The van der Waals surface area contributed by atoms with Crippen LogP contribution in [-0.4, -0.2) is 17.0 Å². The van der Waals surface area contributed by atoms with E-state index >= 15 is 0 Å². The van der Waals surface area contributed by atoms with Crippen molar-refractivity contribution >= 4 is 27.9 Å². The normalized spacial score (nSPS) is 11.9. The van der Waals surface area contributed by atoms with Crippen LogP contribution in [0.4, 0.5) is 16.4 Å². The maximum absolute atomic E-state index is 9.12. The molecule has 0 aliphatic rings. The van der Waals surface area contributed by atoms with Crippen molar-refractivity contribution in [3.05, 3.63) is 35.5 Å². The number of nitrogens with zero attached hydrogens (tertiary/aromatic N) is 6. The van der Waals surface area contributed by atoms with Crippen LogP contribution in [0.25, 0.3) is 0 Å². The highest BCUT2D eigenvalue weighted by molar-refractivity contribution is 7.10. The molecular weight excluding hydrogens is 332 g/mol. The van der Waals surface area contributed by atoms with E-state index in [1.54, 1.807) is 6.92 Å². The Bertz CT molecular complexity index is 810. The largest absolute Gasteiger partial charge is 0.368 e. The molecule has 0 bridgehead atoms. The molecule has 128 valence electrons. The van der Waals surface area contributed by atoms with E-state index in [0.29, 0.717) is 41.0 Å². The molecule has 0 aliphatic carbocycles. The van der Waals surface area contributed by atoms with E-state index in [-0.39, 0.29) is 0 Å².